The number of benzene rings is 1. The van der Waals surface area contributed by atoms with Crippen LogP contribution in [0.25, 0.3) is 22.3 Å². The summed E-state index contributed by atoms with van der Waals surface area (Å²) in [6, 6.07) is 13.8. The number of tetrazole rings is 1. The number of pyridine rings is 1. The first kappa shape index (κ1) is 16.4. The van der Waals surface area contributed by atoms with Crippen molar-refractivity contribution in [1.82, 2.24) is 35.4 Å². The van der Waals surface area contributed by atoms with Crippen molar-refractivity contribution in [1.29, 1.82) is 5.26 Å². The molecule has 9 heteroatoms. The van der Waals surface area contributed by atoms with Gasteiger partial charge in [-0.3, -0.25) is 0 Å². The first-order valence-electron chi connectivity index (χ1n) is 8.20. The monoisotopic (exact) mass is 357 g/mol. The van der Waals surface area contributed by atoms with Crippen LogP contribution < -0.4 is 5.32 Å². The largest absolute Gasteiger partial charge is 0.359 e. The summed E-state index contributed by atoms with van der Waals surface area (Å²) in [6.45, 7) is 3.94. The minimum atomic E-state index is 0.224. The molecular weight excluding hydrogens is 342 g/mol. The van der Waals surface area contributed by atoms with Gasteiger partial charge in [-0.05, 0) is 43.3 Å². The lowest BCUT2D eigenvalue weighted by atomic mass is 10.2. The zero-order valence-corrected chi connectivity index (χ0v) is 14.7. The molecule has 27 heavy (non-hydrogen) atoms. The number of aromatic nitrogens is 7. The summed E-state index contributed by atoms with van der Waals surface area (Å²) in [5.41, 5.74) is 3.72. The Kier molecular flexibility index (Phi) is 4.06. The second kappa shape index (κ2) is 6.68. The van der Waals surface area contributed by atoms with Gasteiger partial charge in [-0.25, -0.2) is 9.67 Å². The van der Waals surface area contributed by atoms with Crippen LogP contribution in [0, 0.1) is 25.2 Å². The predicted octanol–water partition coefficient (Wildman–Crippen LogP) is 2.53. The molecule has 0 bridgehead atoms. The Morgan fingerprint density at radius 3 is 2.85 bits per heavy atom. The van der Waals surface area contributed by atoms with E-state index in [4.69, 9.17) is 4.98 Å². The third-order valence-electron chi connectivity index (χ3n) is 4.01. The zero-order chi connectivity index (χ0) is 18.8. The maximum atomic E-state index is 9.31. The highest BCUT2D eigenvalue weighted by Gasteiger charge is 2.09. The number of nitrogens with one attached hydrogen (secondary N) is 2. The number of para-hydroxylation sites is 1. The average molecular weight is 357 g/mol. The summed E-state index contributed by atoms with van der Waals surface area (Å²) in [4.78, 5) is 4.76. The summed E-state index contributed by atoms with van der Waals surface area (Å²) in [7, 11) is 0. The van der Waals surface area contributed by atoms with E-state index >= 15 is 0 Å². The first-order valence-corrected chi connectivity index (χ1v) is 8.20. The second-order valence-corrected chi connectivity index (χ2v) is 5.94. The highest BCUT2D eigenvalue weighted by Crippen LogP contribution is 2.24. The molecule has 0 unspecified atom stereocenters. The number of allylic oxidation sites excluding steroid dienone is 1. The summed E-state index contributed by atoms with van der Waals surface area (Å²) >= 11 is 0. The lowest BCUT2D eigenvalue weighted by Gasteiger charge is -2.09. The van der Waals surface area contributed by atoms with Gasteiger partial charge in [0.15, 0.2) is 5.82 Å². The molecule has 132 valence electrons. The van der Waals surface area contributed by atoms with Crippen molar-refractivity contribution in [2.24, 2.45) is 0 Å². The number of hydrogen-bond acceptors (Lipinski definition) is 7. The molecule has 0 aliphatic rings. The van der Waals surface area contributed by atoms with Gasteiger partial charge in [0.05, 0.1) is 16.9 Å². The van der Waals surface area contributed by atoms with Crippen molar-refractivity contribution in [2.75, 3.05) is 5.32 Å². The lowest BCUT2D eigenvalue weighted by Crippen LogP contribution is -2.03. The van der Waals surface area contributed by atoms with Gasteiger partial charge in [0.1, 0.15) is 11.6 Å². The molecule has 0 amide bonds. The Balaban J connectivity index is 1.76. The van der Waals surface area contributed by atoms with E-state index < -0.39 is 0 Å². The standard InChI is InChI=1S/C18H15N9/c1-11-8-12(2)27(24-11)16-7-6-13-4-3-5-15(17(13)21-16)20-10-14(9-19)18-22-25-26-23-18/h3-8,10,20H,1-2H3,(H,22,23,25,26). The van der Waals surface area contributed by atoms with Crippen molar-refractivity contribution < 1.29 is 0 Å². The average Bonchev–Trinajstić information content (AvgIpc) is 3.32. The van der Waals surface area contributed by atoms with Crippen LogP contribution in [0.4, 0.5) is 5.69 Å². The van der Waals surface area contributed by atoms with E-state index in [2.05, 4.69) is 31.0 Å². The molecule has 9 nitrogen and oxygen atoms in total. The zero-order valence-electron chi connectivity index (χ0n) is 14.7. The van der Waals surface area contributed by atoms with E-state index in [1.54, 1.807) is 4.68 Å². The van der Waals surface area contributed by atoms with E-state index in [-0.39, 0.29) is 11.4 Å². The number of H-pyrrole nitrogens is 1. The highest BCUT2D eigenvalue weighted by atomic mass is 15.5. The molecule has 2 N–H and O–H groups in total. The number of hydrogen-bond donors (Lipinski definition) is 2. The number of aromatic amines is 1. The van der Waals surface area contributed by atoms with E-state index in [9.17, 15) is 5.26 Å². The van der Waals surface area contributed by atoms with Crippen molar-refractivity contribution >= 4 is 22.2 Å². The molecule has 0 radical (unpaired) electrons. The third kappa shape index (κ3) is 3.11. The van der Waals surface area contributed by atoms with Crippen LogP contribution in [0.15, 0.2) is 42.6 Å². The van der Waals surface area contributed by atoms with Crippen LogP contribution in [0.1, 0.15) is 17.2 Å². The number of fused-ring (bicyclic) bond motifs is 1. The summed E-state index contributed by atoms with van der Waals surface area (Å²) in [5.74, 6) is 0.950. The molecule has 3 heterocycles. The molecule has 1 aromatic carbocycles. The van der Waals surface area contributed by atoms with Crippen molar-refractivity contribution in [2.45, 2.75) is 13.8 Å². The molecule has 0 saturated heterocycles. The number of nitrogens with zero attached hydrogens (tertiary/aromatic N) is 7. The van der Waals surface area contributed by atoms with E-state index in [1.165, 1.54) is 6.20 Å². The fraction of sp³-hybridized carbons (Fsp3) is 0.111. The van der Waals surface area contributed by atoms with Gasteiger partial charge >= 0.3 is 0 Å². The maximum absolute atomic E-state index is 9.31. The van der Waals surface area contributed by atoms with Crippen LogP contribution >= 0.6 is 0 Å². The van der Waals surface area contributed by atoms with Crippen molar-refractivity contribution in [3.8, 4) is 11.9 Å². The lowest BCUT2D eigenvalue weighted by molar-refractivity contribution is 0.811. The van der Waals surface area contributed by atoms with Gasteiger partial charge < -0.3 is 5.32 Å². The van der Waals surface area contributed by atoms with Gasteiger partial charge in [0.25, 0.3) is 0 Å². The minimum absolute atomic E-state index is 0.224. The topological polar surface area (TPSA) is 121 Å². The van der Waals surface area contributed by atoms with Crippen LogP contribution in [-0.4, -0.2) is 35.4 Å². The van der Waals surface area contributed by atoms with Crippen molar-refractivity contribution in [3.05, 3.63) is 59.8 Å². The molecule has 4 rings (SSSR count). The fourth-order valence-corrected chi connectivity index (χ4v) is 2.80. The van der Waals surface area contributed by atoms with Crippen LogP contribution in [0.5, 0.6) is 0 Å². The molecule has 0 aliphatic heterocycles. The molecule has 4 aromatic rings. The van der Waals surface area contributed by atoms with Gasteiger partial charge in [0, 0.05) is 17.3 Å². The minimum Gasteiger partial charge on any atom is -0.359 e. The van der Waals surface area contributed by atoms with Crippen LogP contribution in [0.2, 0.25) is 0 Å². The molecule has 0 aliphatic carbocycles. The SMILES string of the molecule is Cc1cc(C)n(-c2ccc3cccc(NC=C(C#N)c4nn[nH]n4)c3n2)n1. The number of rotatable bonds is 4. The molecule has 3 aromatic heterocycles. The highest BCUT2D eigenvalue weighted by molar-refractivity contribution is 5.92. The Labute approximate surface area is 154 Å². The predicted molar refractivity (Wildman–Crippen MR) is 99.7 cm³/mol. The smallest absolute Gasteiger partial charge is 0.216 e. The summed E-state index contributed by atoms with van der Waals surface area (Å²) < 4.78 is 1.81. The second-order valence-electron chi connectivity index (χ2n) is 5.94. The van der Waals surface area contributed by atoms with Crippen LogP contribution in [0.3, 0.4) is 0 Å². The number of anilines is 1. The van der Waals surface area contributed by atoms with Gasteiger partial charge in [-0.2, -0.15) is 15.6 Å². The van der Waals surface area contributed by atoms with E-state index in [0.29, 0.717) is 0 Å². The molecule has 0 saturated carbocycles. The molecule has 0 atom stereocenters. The third-order valence-corrected chi connectivity index (χ3v) is 4.01. The number of aryl methyl sites for hydroxylation is 2. The molecular formula is C18H15N9. The fourth-order valence-electron chi connectivity index (χ4n) is 2.80. The summed E-state index contributed by atoms with van der Waals surface area (Å²) in [5, 5.41) is 31.3. The van der Waals surface area contributed by atoms with Gasteiger partial charge in [0.2, 0.25) is 5.82 Å². The Morgan fingerprint density at radius 2 is 2.15 bits per heavy atom. The Morgan fingerprint density at radius 1 is 1.26 bits per heavy atom. The van der Waals surface area contributed by atoms with Crippen LogP contribution in [-0.2, 0) is 0 Å². The Bertz CT molecular complexity index is 1180. The van der Waals surface area contributed by atoms with E-state index in [1.807, 2.05) is 56.3 Å². The number of nitriles is 1. The van der Waals surface area contributed by atoms with Crippen molar-refractivity contribution in [3.63, 3.8) is 0 Å². The normalized spacial score (nSPS) is 11.5. The molecule has 0 spiro atoms. The van der Waals surface area contributed by atoms with E-state index in [0.717, 1.165) is 33.8 Å². The summed E-state index contributed by atoms with van der Waals surface area (Å²) in [6.07, 6.45) is 1.54. The van der Waals surface area contributed by atoms with Gasteiger partial charge in [-0.15, -0.1) is 10.2 Å². The van der Waals surface area contributed by atoms with Gasteiger partial charge in [-0.1, -0.05) is 12.1 Å². The quantitative estimate of drug-likeness (QED) is 0.538. The maximum Gasteiger partial charge on any atom is 0.216 e. The first-order chi connectivity index (χ1) is 13.2. The Hall–Kier alpha value is -4.06. The molecule has 0 fully saturated rings.